The molecule has 1 aromatic heterocycles. The van der Waals surface area contributed by atoms with Crippen molar-refractivity contribution in [1.29, 1.82) is 0 Å². The molecule has 0 saturated carbocycles. The van der Waals surface area contributed by atoms with Crippen LogP contribution in [0.3, 0.4) is 0 Å². The Bertz CT molecular complexity index is 748. The van der Waals surface area contributed by atoms with Gasteiger partial charge in [-0.2, -0.15) is 0 Å². The monoisotopic (exact) mass is 547 g/mol. The molecule has 0 radical (unpaired) electrons. The first-order valence-corrected chi connectivity index (χ1v) is 10.8. The molecule has 2 fully saturated rings. The van der Waals surface area contributed by atoms with Crippen LogP contribution in [0, 0.1) is 5.82 Å². The summed E-state index contributed by atoms with van der Waals surface area (Å²) in [4.78, 5) is 26.7. The SMILES string of the molecule is CCN1CCCC1CNC(=NCC(=O)N(C)C)NC1CCN(c2ncccc2F)C1.I. The third-order valence-electron chi connectivity index (χ3n) is 5.85. The third kappa shape index (κ3) is 7.16. The molecule has 174 valence electrons. The average molecular weight is 547 g/mol. The smallest absolute Gasteiger partial charge is 0.243 e. The van der Waals surface area contributed by atoms with Crippen LogP contribution in [0.15, 0.2) is 23.3 Å². The summed E-state index contributed by atoms with van der Waals surface area (Å²) < 4.78 is 14.1. The van der Waals surface area contributed by atoms with E-state index in [4.69, 9.17) is 0 Å². The van der Waals surface area contributed by atoms with E-state index >= 15 is 0 Å². The van der Waals surface area contributed by atoms with Crippen LogP contribution in [0.1, 0.15) is 26.2 Å². The number of likely N-dealkylation sites (tertiary alicyclic amines) is 1. The second-order valence-corrected chi connectivity index (χ2v) is 8.14. The van der Waals surface area contributed by atoms with Crippen molar-refractivity contribution in [1.82, 2.24) is 25.4 Å². The number of hydrogen-bond donors (Lipinski definition) is 2. The van der Waals surface area contributed by atoms with Crippen molar-refractivity contribution in [2.24, 2.45) is 4.99 Å². The van der Waals surface area contributed by atoms with Crippen molar-refractivity contribution >= 4 is 41.7 Å². The lowest BCUT2D eigenvalue weighted by molar-refractivity contribution is -0.127. The second-order valence-electron chi connectivity index (χ2n) is 8.14. The molecule has 2 aliphatic rings. The van der Waals surface area contributed by atoms with Gasteiger partial charge in [0.05, 0.1) is 0 Å². The fourth-order valence-corrected chi connectivity index (χ4v) is 4.07. The maximum Gasteiger partial charge on any atom is 0.243 e. The molecule has 2 N–H and O–H groups in total. The van der Waals surface area contributed by atoms with Crippen LogP contribution in [0.25, 0.3) is 0 Å². The molecule has 0 bridgehead atoms. The van der Waals surface area contributed by atoms with E-state index in [0.29, 0.717) is 24.4 Å². The largest absolute Gasteiger partial charge is 0.355 e. The molecule has 31 heavy (non-hydrogen) atoms. The number of nitrogens with one attached hydrogen (secondary N) is 2. The normalized spacial score (nSPS) is 21.7. The van der Waals surface area contributed by atoms with E-state index in [0.717, 1.165) is 32.6 Å². The molecule has 0 spiro atoms. The Kier molecular flexibility index (Phi) is 10.2. The first kappa shape index (κ1) is 25.6. The van der Waals surface area contributed by atoms with Crippen LogP contribution in [0.2, 0.25) is 0 Å². The van der Waals surface area contributed by atoms with Gasteiger partial charge in [0.1, 0.15) is 6.54 Å². The zero-order valence-electron chi connectivity index (χ0n) is 18.7. The molecule has 2 atom stereocenters. The van der Waals surface area contributed by atoms with Crippen LogP contribution in [-0.2, 0) is 4.79 Å². The average Bonchev–Trinajstić information content (AvgIpc) is 3.39. The van der Waals surface area contributed by atoms with Gasteiger partial charge in [0.15, 0.2) is 17.6 Å². The Morgan fingerprint density at radius 1 is 1.35 bits per heavy atom. The highest BCUT2D eigenvalue weighted by molar-refractivity contribution is 14.0. The summed E-state index contributed by atoms with van der Waals surface area (Å²) in [5, 5.41) is 6.88. The van der Waals surface area contributed by atoms with Gasteiger partial charge in [0.25, 0.3) is 0 Å². The summed E-state index contributed by atoms with van der Waals surface area (Å²) in [5.41, 5.74) is 0. The van der Waals surface area contributed by atoms with Crippen LogP contribution in [0.5, 0.6) is 0 Å². The van der Waals surface area contributed by atoms with Crippen molar-refractivity contribution < 1.29 is 9.18 Å². The highest BCUT2D eigenvalue weighted by Gasteiger charge is 2.27. The summed E-state index contributed by atoms with van der Waals surface area (Å²) in [6.07, 6.45) is 4.84. The van der Waals surface area contributed by atoms with Crippen LogP contribution in [-0.4, -0.2) is 92.1 Å². The van der Waals surface area contributed by atoms with Crippen LogP contribution in [0.4, 0.5) is 10.2 Å². The Hall–Kier alpha value is -1.69. The summed E-state index contributed by atoms with van der Waals surface area (Å²) in [6, 6.07) is 3.63. The molecule has 3 rings (SSSR count). The summed E-state index contributed by atoms with van der Waals surface area (Å²) in [7, 11) is 3.46. The summed E-state index contributed by atoms with van der Waals surface area (Å²) in [5.74, 6) is 0.681. The number of carbonyl (C=O) groups excluding carboxylic acids is 1. The fourth-order valence-electron chi connectivity index (χ4n) is 4.07. The van der Waals surface area contributed by atoms with Gasteiger partial charge in [0.2, 0.25) is 5.91 Å². The molecule has 0 aromatic carbocycles. The topological polar surface area (TPSA) is 76.1 Å². The maximum absolute atomic E-state index is 14.1. The van der Waals surface area contributed by atoms with E-state index in [9.17, 15) is 9.18 Å². The summed E-state index contributed by atoms with van der Waals surface area (Å²) >= 11 is 0. The van der Waals surface area contributed by atoms with Crippen molar-refractivity contribution in [2.45, 2.75) is 38.3 Å². The predicted octanol–water partition coefficient (Wildman–Crippen LogP) is 1.53. The number of pyridine rings is 1. The Balaban J connectivity index is 0.00000341. The maximum atomic E-state index is 14.1. The first-order valence-electron chi connectivity index (χ1n) is 10.8. The number of halogens is 2. The van der Waals surface area contributed by atoms with E-state index < -0.39 is 0 Å². The number of aliphatic imine (C=N–C) groups is 1. The Morgan fingerprint density at radius 2 is 2.16 bits per heavy atom. The highest BCUT2D eigenvalue weighted by atomic mass is 127. The van der Waals surface area contributed by atoms with Gasteiger partial charge in [0, 0.05) is 52.0 Å². The van der Waals surface area contributed by atoms with Gasteiger partial charge in [-0.25, -0.2) is 14.4 Å². The van der Waals surface area contributed by atoms with Gasteiger partial charge in [-0.05, 0) is 44.5 Å². The fraction of sp³-hybridized carbons (Fsp3) is 0.667. The number of hydrogen-bond acceptors (Lipinski definition) is 5. The van der Waals surface area contributed by atoms with E-state index in [1.807, 2.05) is 4.90 Å². The number of nitrogens with zero attached hydrogens (tertiary/aromatic N) is 5. The van der Waals surface area contributed by atoms with Gasteiger partial charge in [-0.3, -0.25) is 9.69 Å². The molecule has 2 unspecified atom stereocenters. The molecular formula is C21H35FIN7O. The zero-order valence-corrected chi connectivity index (χ0v) is 21.0. The van der Waals surface area contributed by atoms with E-state index in [1.54, 1.807) is 26.4 Å². The lowest BCUT2D eigenvalue weighted by Crippen LogP contribution is -2.49. The molecule has 2 aliphatic heterocycles. The Morgan fingerprint density at radius 3 is 2.87 bits per heavy atom. The van der Waals surface area contributed by atoms with Crippen molar-refractivity contribution in [3.63, 3.8) is 0 Å². The first-order chi connectivity index (χ1) is 14.5. The molecule has 2 saturated heterocycles. The van der Waals surface area contributed by atoms with Crippen molar-refractivity contribution in [3.05, 3.63) is 24.1 Å². The van der Waals surface area contributed by atoms with E-state index in [1.165, 1.54) is 23.8 Å². The summed E-state index contributed by atoms with van der Waals surface area (Å²) in [6.45, 7) is 6.61. The number of anilines is 1. The number of carbonyl (C=O) groups is 1. The molecule has 3 heterocycles. The molecular weight excluding hydrogens is 512 g/mol. The molecule has 1 amide bonds. The second kappa shape index (κ2) is 12.4. The van der Waals surface area contributed by atoms with Crippen molar-refractivity contribution in [3.8, 4) is 0 Å². The number of guanidine groups is 1. The van der Waals surface area contributed by atoms with Gasteiger partial charge in [-0.15, -0.1) is 24.0 Å². The third-order valence-corrected chi connectivity index (χ3v) is 5.85. The minimum atomic E-state index is -0.303. The lowest BCUT2D eigenvalue weighted by Gasteiger charge is -2.25. The standard InChI is InChI=1S/C21H34FN7O.HI/c1-4-28-11-6-7-17(28)13-24-21(25-14-19(30)27(2)3)26-16-9-12-29(15-16)20-18(22)8-5-10-23-20;/h5,8,10,16-17H,4,6-7,9,11-15H2,1-3H3,(H2,24,25,26);1H. The van der Waals surface area contributed by atoms with Gasteiger partial charge < -0.3 is 20.4 Å². The highest BCUT2D eigenvalue weighted by Crippen LogP contribution is 2.21. The quantitative estimate of drug-likeness (QED) is 0.307. The number of aromatic nitrogens is 1. The van der Waals surface area contributed by atoms with E-state index in [-0.39, 0.29) is 48.3 Å². The minimum absolute atomic E-state index is 0. The molecule has 8 nitrogen and oxygen atoms in total. The zero-order chi connectivity index (χ0) is 21.5. The van der Waals surface area contributed by atoms with E-state index in [2.05, 4.69) is 32.4 Å². The Labute approximate surface area is 201 Å². The minimum Gasteiger partial charge on any atom is -0.355 e. The van der Waals surface area contributed by atoms with Crippen LogP contribution >= 0.6 is 24.0 Å². The number of rotatable bonds is 7. The number of likely N-dealkylation sites (N-methyl/N-ethyl adjacent to an activating group) is 2. The molecule has 1 aromatic rings. The van der Waals surface area contributed by atoms with Gasteiger partial charge >= 0.3 is 0 Å². The van der Waals surface area contributed by atoms with Crippen LogP contribution < -0.4 is 15.5 Å². The molecule has 0 aliphatic carbocycles. The number of amides is 1. The lowest BCUT2D eigenvalue weighted by atomic mass is 10.2. The predicted molar refractivity (Wildman–Crippen MR) is 133 cm³/mol. The van der Waals surface area contributed by atoms with Crippen molar-refractivity contribution in [2.75, 3.05) is 58.3 Å². The molecule has 10 heteroatoms. The van der Waals surface area contributed by atoms with Gasteiger partial charge in [-0.1, -0.05) is 6.92 Å².